The predicted molar refractivity (Wildman–Crippen MR) is 154 cm³/mol. The van der Waals surface area contributed by atoms with Crippen molar-refractivity contribution in [3.05, 3.63) is 53.1 Å². The van der Waals surface area contributed by atoms with Gasteiger partial charge in [-0.3, -0.25) is 9.59 Å². The van der Waals surface area contributed by atoms with Crippen molar-refractivity contribution in [2.75, 3.05) is 53.0 Å². The van der Waals surface area contributed by atoms with Crippen molar-refractivity contribution in [3.63, 3.8) is 0 Å². The first-order valence-electron chi connectivity index (χ1n) is 12.9. The number of ether oxygens (including phenoxy) is 1. The van der Waals surface area contributed by atoms with Crippen molar-refractivity contribution in [3.8, 4) is 0 Å². The number of aliphatic hydroxyl groups is 4. The minimum absolute atomic E-state index is 0. The van der Waals surface area contributed by atoms with Crippen LogP contribution in [0.15, 0.2) is 30.3 Å². The molecule has 0 radical (unpaired) electrons. The van der Waals surface area contributed by atoms with Crippen LogP contribution in [0.3, 0.4) is 0 Å². The van der Waals surface area contributed by atoms with Gasteiger partial charge in [0, 0.05) is 75.2 Å². The largest absolute Gasteiger partial charge is 0.677 e. The maximum atomic E-state index is 11.1. The van der Waals surface area contributed by atoms with Crippen LogP contribution in [0, 0.1) is 10.8 Å². The van der Waals surface area contributed by atoms with E-state index in [1.165, 1.54) is 6.42 Å². The second-order valence-electron chi connectivity index (χ2n) is 10.1. The van der Waals surface area contributed by atoms with E-state index < -0.39 is 24.6 Å². The Labute approximate surface area is 295 Å². The summed E-state index contributed by atoms with van der Waals surface area (Å²) < 4.78 is 5.46. The zero-order valence-electron chi connectivity index (χ0n) is 25.5. The second-order valence-corrected chi connectivity index (χ2v) is 10.1. The molecule has 248 valence electrons. The van der Waals surface area contributed by atoms with E-state index in [4.69, 9.17) is 42.4 Å². The number of benzene rings is 1. The summed E-state index contributed by atoms with van der Waals surface area (Å²) in [7, 11) is 0. The SMILES string of the molecule is CC(C)(C[NH-])COCC(C)(C)CO.CCCCCO.[NH-]C(C(=O)NCO)c1ccccc1.[NH-]CC(=O)NCO.[W].[W].[W]. The summed E-state index contributed by atoms with van der Waals surface area (Å²) >= 11 is 0. The molecular weight excluding hydrogens is 1060 g/mol. The van der Waals surface area contributed by atoms with Gasteiger partial charge in [0.05, 0.1) is 19.8 Å². The zero-order chi connectivity index (χ0) is 30.7. The number of nitrogens with one attached hydrogen (secondary N) is 5. The molecule has 0 fully saturated rings. The average molecular weight is 1110 g/mol. The molecule has 0 aliphatic heterocycles. The van der Waals surface area contributed by atoms with Gasteiger partial charge >= 0.3 is 0 Å². The number of hydrogen-bond acceptors (Lipinski definition) is 7. The van der Waals surface area contributed by atoms with Crippen molar-refractivity contribution in [2.45, 2.75) is 59.9 Å². The molecule has 1 aromatic carbocycles. The summed E-state index contributed by atoms with van der Waals surface area (Å²) in [6.45, 7) is 10.9. The number of carbonyl (C=O) groups excluding carboxylic acids is 2. The summed E-state index contributed by atoms with van der Waals surface area (Å²) in [6, 6.07) is 7.80. The Bertz CT molecular complexity index is 703. The minimum atomic E-state index is -0.964. The van der Waals surface area contributed by atoms with Gasteiger partial charge in [-0.1, -0.05) is 89.9 Å². The molecule has 1 rings (SSSR count). The van der Waals surface area contributed by atoms with E-state index in [9.17, 15) is 9.59 Å². The first-order chi connectivity index (χ1) is 18.3. The molecular formula is C27H52N5O7W3-3. The third-order valence-corrected chi connectivity index (χ3v) is 4.74. The molecule has 0 aliphatic rings. The number of hydrogen-bond donors (Lipinski definition) is 6. The summed E-state index contributed by atoms with van der Waals surface area (Å²) in [5.74, 6) is -0.948. The van der Waals surface area contributed by atoms with E-state index in [0.29, 0.717) is 31.9 Å². The fourth-order valence-electron chi connectivity index (χ4n) is 2.19. The number of aliphatic hydroxyl groups excluding tert-OH is 4. The average Bonchev–Trinajstić information content (AvgIpc) is 2.93. The maximum Gasteiger partial charge on any atom is 0.208 e. The molecule has 2 amide bonds. The van der Waals surface area contributed by atoms with Gasteiger partial charge in [0.15, 0.2) is 0 Å². The Morgan fingerprint density at radius 2 is 1.36 bits per heavy atom. The zero-order valence-corrected chi connectivity index (χ0v) is 34.3. The van der Waals surface area contributed by atoms with Gasteiger partial charge in [0.25, 0.3) is 0 Å². The summed E-state index contributed by atoms with van der Waals surface area (Å²) in [5, 5.41) is 37.7. The van der Waals surface area contributed by atoms with Gasteiger partial charge in [-0.15, -0.1) is 6.54 Å². The van der Waals surface area contributed by atoms with Gasteiger partial charge in [-0.25, -0.2) is 0 Å². The Morgan fingerprint density at radius 1 is 0.857 bits per heavy atom. The Balaban J connectivity index is -0.000000106. The molecule has 0 spiro atoms. The van der Waals surface area contributed by atoms with E-state index in [1.807, 2.05) is 39.1 Å². The van der Waals surface area contributed by atoms with Gasteiger partial charge in [0.2, 0.25) is 11.8 Å². The first kappa shape index (κ1) is 54.4. The monoisotopic (exact) mass is 1110 g/mol. The Morgan fingerprint density at radius 3 is 1.69 bits per heavy atom. The standard InChI is InChI=1S/C10H22NO2.C9H11N2O2.C5H12O.C3H7N2O2.3W/c1-9(2,5-11)7-13-8-10(3,4)6-12;10-8(9(13)11-6-12)7-4-2-1-3-5-7;1-2-3-4-5-6;4-1-3(7)5-2-6;;;/h11-12H,5-8H2,1-4H3;1-5,8,10,12H,6H2,(H,11,13);6H,2-5H2,1H3;4,6H,1-2H2,(H,5,7);;;/q2*-1;;-1;;;. The normalized spacial score (nSPS) is 10.6. The topological polar surface area (TPSA) is 220 Å². The molecule has 1 aromatic rings. The van der Waals surface area contributed by atoms with E-state index in [0.717, 1.165) is 12.8 Å². The summed E-state index contributed by atoms with van der Waals surface area (Å²) in [5.41, 5.74) is 21.5. The van der Waals surface area contributed by atoms with Crippen molar-refractivity contribution in [1.82, 2.24) is 10.6 Å². The maximum absolute atomic E-state index is 11.1. The van der Waals surface area contributed by atoms with Crippen LogP contribution in [0.1, 0.15) is 65.5 Å². The molecule has 0 heterocycles. The van der Waals surface area contributed by atoms with E-state index in [2.05, 4.69) is 12.2 Å². The fourth-order valence-corrected chi connectivity index (χ4v) is 2.19. The molecule has 15 heteroatoms. The Kier molecular flexibility index (Phi) is 45.8. The van der Waals surface area contributed by atoms with Gasteiger partial charge < -0.3 is 53.0 Å². The molecule has 1 unspecified atom stereocenters. The van der Waals surface area contributed by atoms with E-state index in [-0.39, 0.29) is 93.9 Å². The van der Waals surface area contributed by atoms with E-state index in [1.54, 1.807) is 24.3 Å². The van der Waals surface area contributed by atoms with Crippen LogP contribution in [-0.2, 0) is 77.5 Å². The van der Waals surface area contributed by atoms with Crippen molar-refractivity contribution >= 4 is 11.8 Å². The quantitative estimate of drug-likeness (QED) is 0.121. The van der Waals surface area contributed by atoms with Gasteiger partial charge in [0.1, 0.15) is 13.5 Å². The van der Waals surface area contributed by atoms with Gasteiger partial charge in [-0.05, 0) is 17.9 Å². The van der Waals surface area contributed by atoms with Crippen LogP contribution in [-0.4, -0.2) is 85.2 Å². The molecule has 0 aromatic heterocycles. The molecule has 9 N–H and O–H groups in total. The smallest absolute Gasteiger partial charge is 0.208 e. The van der Waals surface area contributed by atoms with Crippen LogP contribution in [0.4, 0.5) is 0 Å². The van der Waals surface area contributed by atoms with Gasteiger partial charge in [-0.2, -0.15) is 0 Å². The number of amides is 2. The fraction of sp³-hybridized carbons (Fsp3) is 0.704. The number of rotatable bonds is 14. The molecule has 12 nitrogen and oxygen atoms in total. The molecule has 42 heavy (non-hydrogen) atoms. The van der Waals surface area contributed by atoms with Crippen molar-refractivity contribution in [2.24, 2.45) is 10.8 Å². The summed E-state index contributed by atoms with van der Waals surface area (Å²) in [4.78, 5) is 21.0. The third kappa shape index (κ3) is 36.1. The third-order valence-electron chi connectivity index (χ3n) is 4.74. The van der Waals surface area contributed by atoms with E-state index >= 15 is 0 Å². The predicted octanol–water partition coefficient (Wildman–Crippen LogP) is 3.21. The number of unbranched alkanes of at least 4 members (excludes halogenated alkanes) is 2. The van der Waals surface area contributed by atoms with Crippen LogP contribution < -0.4 is 10.6 Å². The minimum Gasteiger partial charge on any atom is -0.677 e. The van der Waals surface area contributed by atoms with Crippen molar-refractivity contribution < 1.29 is 97.9 Å². The van der Waals surface area contributed by atoms with Crippen LogP contribution in [0.2, 0.25) is 0 Å². The van der Waals surface area contributed by atoms with Crippen molar-refractivity contribution in [1.29, 1.82) is 0 Å². The molecule has 0 saturated carbocycles. The molecule has 0 bridgehead atoms. The number of carbonyl (C=O) groups is 2. The molecule has 0 aliphatic carbocycles. The van der Waals surface area contributed by atoms with Crippen LogP contribution >= 0.6 is 0 Å². The Hall–Kier alpha value is -0.0951. The first-order valence-corrected chi connectivity index (χ1v) is 12.9. The van der Waals surface area contributed by atoms with Crippen LogP contribution in [0.25, 0.3) is 17.2 Å². The van der Waals surface area contributed by atoms with Crippen LogP contribution in [0.5, 0.6) is 0 Å². The molecule has 0 saturated heterocycles. The molecule has 1 atom stereocenters. The summed E-state index contributed by atoms with van der Waals surface area (Å²) in [6.07, 6.45) is 3.33. The second kappa shape index (κ2) is 35.4.